The Morgan fingerprint density at radius 2 is 0.812 bits per heavy atom. The van der Waals surface area contributed by atoms with Gasteiger partial charge in [-0.1, -0.05) is 105 Å². The minimum Gasteiger partial charge on any atom is -0.414 e. The van der Waals surface area contributed by atoms with E-state index in [1.54, 1.807) is 0 Å². The van der Waals surface area contributed by atoms with Crippen LogP contribution in [-0.2, 0) is 18.6 Å². The number of ether oxygens (including phenoxy) is 3. The molecule has 4 nitrogen and oxygen atoms in total. The Labute approximate surface area is 202 Å². The van der Waals surface area contributed by atoms with Crippen molar-refractivity contribution in [3.63, 3.8) is 0 Å². The highest BCUT2D eigenvalue weighted by atomic mass is 28.4. The second kappa shape index (κ2) is 21.6. The molecule has 0 radical (unpaired) electrons. The molecule has 0 saturated carbocycles. The van der Waals surface area contributed by atoms with Crippen LogP contribution in [0.1, 0.15) is 111 Å². The zero-order valence-electron chi connectivity index (χ0n) is 22.8. The number of rotatable bonds is 24. The number of unbranched alkanes of at least 4 members (excludes halogenated alkanes) is 12. The Morgan fingerprint density at radius 3 is 1.22 bits per heavy atom. The van der Waals surface area contributed by atoms with Crippen LogP contribution in [0, 0.1) is 0 Å². The summed E-state index contributed by atoms with van der Waals surface area (Å²) in [5.41, 5.74) is 0. The van der Waals surface area contributed by atoms with Gasteiger partial charge in [0.1, 0.15) is 0 Å². The van der Waals surface area contributed by atoms with Gasteiger partial charge in [-0.15, -0.1) is 0 Å². The van der Waals surface area contributed by atoms with E-state index in [-0.39, 0.29) is 5.04 Å². The molecule has 0 rings (SSSR count). The quantitative estimate of drug-likeness (QED) is 0.104. The van der Waals surface area contributed by atoms with Gasteiger partial charge in [-0.3, -0.25) is 0 Å². The van der Waals surface area contributed by atoms with Crippen LogP contribution in [0.4, 0.5) is 0 Å². The van der Waals surface area contributed by atoms with Crippen molar-refractivity contribution in [2.45, 2.75) is 129 Å². The zero-order chi connectivity index (χ0) is 24.0. The molecule has 0 heterocycles. The van der Waals surface area contributed by atoms with Gasteiger partial charge in [-0.25, -0.2) is 0 Å². The average Bonchev–Trinajstić information content (AvgIpc) is 2.73. The average molecular weight is 475 g/mol. The molecule has 0 N–H and O–H groups in total. The maximum atomic E-state index is 6.09. The predicted molar refractivity (Wildman–Crippen MR) is 141 cm³/mol. The maximum absolute atomic E-state index is 6.09. The van der Waals surface area contributed by atoms with Gasteiger partial charge >= 0.3 is 0 Å². The summed E-state index contributed by atoms with van der Waals surface area (Å²) < 4.78 is 22.9. The Bertz CT molecular complexity index is 382. The minimum atomic E-state index is -1.65. The Morgan fingerprint density at radius 1 is 0.469 bits per heavy atom. The van der Waals surface area contributed by atoms with Crippen LogP contribution in [0.3, 0.4) is 0 Å². The van der Waals surface area contributed by atoms with Crippen LogP contribution in [0.15, 0.2) is 0 Å². The molecule has 5 heteroatoms. The Kier molecular flexibility index (Phi) is 21.6. The third-order valence-corrected chi connectivity index (χ3v) is 11.2. The number of hydrogen-bond donors (Lipinski definition) is 0. The summed E-state index contributed by atoms with van der Waals surface area (Å²) in [7, 11) is -1.65. The largest absolute Gasteiger partial charge is 0.414 e. The summed E-state index contributed by atoms with van der Waals surface area (Å²) in [5, 5.41) is 0.253. The van der Waals surface area contributed by atoms with E-state index in [4.69, 9.17) is 18.6 Å². The standard InChI is InChI=1S/C27H58O4Si/c1-7-8-9-10-11-12-13-14-15-16-17-18-19-20-28-21-22-29-23-24-30-25-26-31-32(5,6)27(2,3)4/h7-26H2,1-6H3. The first-order chi connectivity index (χ1) is 15.3. The van der Waals surface area contributed by atoms with Gasteiger partial charge in [0, 0.05) is 6.61 Å². The molecule has 0 aromatic rings. The lowest BCUT2D eigenvalue weighted by Gasteiger charge is -2.36. The highest BCUT2D eigenvalue weighted by Gasteiger charge is 2.36. The molecule has 0 amide bonds. The van der Waals surface area contributed by atoms with Gasteiger partial charge in [0.15, 0.2) is 8.32 Å². The lowest BCUT2D eigenvalue weighted by molar-refractivity contribution is 0.00800. The van der Waals surface area contributed by atoms with E-state index in [1.807, 2.05) is 0 Å². The first kappa shape index (κ1) is 32.1. The van der Waals surface area contributed by atoms with Crippen LogP contribution in [0.5, 0.6) is 0 Å². The maximum Gasteiger partial charge on any atom is 0.192 e. The van der Waals surface area contributed by atoms with Crippen molar-refractivity contribution in [1.29, 1.82) is 0 Å². The normalized spacial score (nSPS) is 12.6. The summed E-state index contributed by atoms with van der Waals surface area (Å²) >= 11 is 0. The van der Waals surface area contributed by atoms with Gasteiger partial charge in [0.05, 0.1) is 39.6 Å². The molecule has 0 unspecified atom stereocenters. The molecule has 0 bridgehead atoms. The summed E-state index contributed by atoms with van der Waals surface area (Å²) in [6.45, 7) is 18.4. The van der Waals surface area contributed by atoms with E-state index in [9.17, 15) is 0 Å². The fourth-order valence-electron chi connectivity index (χ4n) is 3.34. The molecule has 0 aliphatic rings. The number of hydrogen-bond acceptors (Lipinski definition) is 4. The lowest BCUT2D eigenvalue weighted by Crippen LogP contribution is -2.41. The van der Waals surface area contributed by atoms with Gasteiger partial charge < -0.3 is 18.6 Å². The molecule has 0 aromatic carbocycles. The zero-order valence-corrected chi connectivity index (χ0v) is 23.8. The van der Waals surface area contributed by atoms with Crippen molar-refractivity contribution in [3.05, 3.63) is 0 Å². The van der Waals surface area contributed by atoms with E-state index in [0.29, 0.717) is 39.6 Å². The first-order valence-electron chi connectivity index (χ1n) is 13.7. The topological polar surface area (TPSA) is 36.9 Å². The molecule has 0 aromatic heterocycles. The third kappa shape index (κ3) is 20.6. The molecule has 0 aliphatic carbocycles. The molecular weight excluding hydrogens is 416 g/mol. The second-order valence-corrected chi connectivity index (χ2v) is 15.5. The third-order valence-electron chi connectivity index (χ3n) is 6.63. The second-order valence-electron chi connectivity index (χ2n) is 10.7. The van der Waals surface area contributed by atoms with Crippen LogP contribution < -0.4 is 0 Å². The molecule has 0 aliphatic heterocycles. The molecule has 0 spiro atoms. The summed E-state index contributed by atoms with van der Waals surface area (Å²) in [5.74, 6) is 0. The van der Waals surface area contributed by atoms with Crippen molar-refractivity contribution in [1.82, 2.24) is 0 Å². The first-order valence-corrected chi connectivity index (χ1v) is 16.6. The van der Waals surface area contributed by atoms with Crippen molar-refractivity contribution >= 4 is 8.32 Å². The summed E-state index contributed by atoms with van der Waals surface area (Å²) in [6.07, 6.45) is 18.0. The van der Waals surface area contributed by atoms with Crippen LogP contribution in [0.25, 0.3) is 0 Å². The Hall–Kier alpha value is 0.0569. The summed E-state index contributed by atoms with van der Waals surface area (Å²) in [6, 6.07) is 0. The van der Waals surface area contributed by atoms with Gasteiger partial charge in [-0.05, 0) is 24.6 Å². The SMILES string of the molecule is CCCCCCCCCCCCCCCOCCOCCOCCO[Si](C)(C)C(C)(C)C. The van der Waals surface area contributed by atoms with E-state index in [1.165, 1.54) is 83.5 Å². The van der Waals surface area contributed by atoms with Gasteiger partial charge in [0.2, 0.25) is 0 Å². The van der Waals surface area contributed by atoms with Crippen LogP contribution in [0.2, 0.25) is 18.1 Å². The molecule has 0 atom stereocenters. The monoisotopic (exact) mass is 474 g/mol. The summed E-state index contributed by atoms with van der Waals surface area (Å²) in [4.78, 5) is 0. The smallest absolute Gasteiger partial charge is 0.192 e. The van der Waals surface area contributed by atoms with Crippen molar-refractivity contribution in [2.24, 2.45) is 0 Å². The van der Waals surface area contributed by atoms with E-state index in [0.717, 1.165) is 6.61 Å². The molecule has 0 saturated heterocycles. The van der Waals surface area contributed by atoms with Crippen molar-refractivity contribution in [3.8, 4) is 0 Å². The molecular formula is C27H58O4Si. The fourth-order valence-corrected chi connectivity index (χ4v) is 4.36. The van der Waals surface area contributed by atoms with Crippen LogP contribution >= 0.6 is 0 Å². The van der Waals surface area contributed by atoms with Crippen molar-refractivity contribution in [2.75, 3.05) is 46.2 Å². The minimum absolute atomic E-state index is 0.253. The highest BCUT2D eigenvalue weighted by Crippen LogP contribution is 2.36. The van der Waals surface area contributed by atoms with Gasteiger partial charge in [-0.2, -0.15) is 0 Å². The molecule has 0 fully saturated rings. The van der Waals surface area contributed by atoms with E-state index in [2.05, 4.69) is 40.8 Å². The van der Waals surface area contributed by atoms with Gasteiger partial charge in [0.25, 0.3) is 0 Å². The predicted octanol–water partition coefficient (Wildman–Crippen LogP) is 8.15. The van der Waals surface area contributed by atoms with E-state index < -0.39 is 8.32 Å². The van der Waals surface area contributed by atoms with E-state index >= 15 is 0 Å². The molecule has 32 heavy (non-hydrogen) atoms. The van der Waals surface area contributed by atoms with Crippen molar-refractivity contribution < 1.29 is 18.6 Å². The lowest BCUT2D eigenvalue weighted by atomic mass is 10.0. The highest BCUT2D eigenvalue weighted by molar-refractivity contribution is 6.74. The van der Waals surface area contributed by atoms with Crippen LogP contribution in [-0.4, -0.2) is 54.6 Å². The Balaban J connectivity index is 3.15. The fraction of sp³-hybridized carbons (Fsp3) is 1.00. The molecule has 194 valence electrons.